The second-order valence-electron chi connectivity index (χ2n) is 5.37. The minimum absolute atomic E-state index is 0.429. The SMILES string of the molecule is CN(CCc1ccnn1C)CC1(O)CCCC1. The molecule has 1 aromatic rings. The third-order valence-electron chi connectivity index (χ3n) is 3.77. The minimum Gasteiger partial charge on any atom is -0.389 e. The predicted molar refractivity (Wildman–Crippen MR) is 67.8 cm³/mol. The van der Waals surface area contributed by atoms with Crippen LogP contribution in [0.3, 0.4) is 0 Å². The van der Waals surface area contributed by atoms with Gasteiger partial charge in [0.15, 0.2) is 0 Å². The molecule has 4 heteroatoms. The second kappa shape index (κ2) is 5.19. The van der Waals surface area contributed by atoms with Crippen LogP contribution < -0.4 is 0 Å². The lowest BCUT2D eigenvalue weighted by Gasteiger charge is -2.28. The number of aromatic nitrogens is 2. The van der Waals surface area contributed by atoms with Gasteiger partial charge in [0.05, 0.1) is 5.60 Å². The number of nitrogens with zero attached hydrogens (tertiary/aromatic N) is 3. The Hall–Kier alpha value is -0.870. The van der Waals surface area contributed by atoms with Crippen molar-refractivity contribution in [3.63, 3.8) is 0 Å². The third-order valence-corrected chi connectivity index (χ3v) is 3.77. The maximum atomic E-state index is 10.3. The quantitative estimate of drug-likeness (QED) is 0.836. The Morgan fingerprint density at radius 3 is 2.76 bits per heavy atom. The number of hydrogen-bond acceptors (Lipinski definition) is 3. The van der Waals surface area contributed by atoms with E-state index in [1.165, 1.54) is 18.5 Å². The Labute approximate surface area is 103 Å². The Bertz CT molecular complexity index is 355. The van der Waals surface area contributed by atoms with Crippen LogP contribution in [0.15, 0.2) is 12.3 Å². The molecule has 1 aromatic heterocycles. The minimum atomic E-state index is -0.429. The summed E-state index contributed by atoms with van der Waals surface area (Å²) in [4.78, 5) is 2.23. The van der Waals surface area contributed by atoms with Crippen molar-refractivity contribution < 1.29 is 5.11 Å². The molecule has 0 aliphatic heterocycles. The van der Waals surface area contributed by atoms with Gasteiger partial charge in [0.25, 0.3) is 0 Å². The summed E-state index contributed by atoms with van der Waals surface area (Å²) in [6, 6.07) is 2.05. The molecule has 0 bridgehead atoms. The highest BCUT2D eigenvalue weighted by atomic mass is 16.3. The molecule has 0 radical (unpaired) electrons. The number of aryl methyl sites for hydroxylation is 1. The average molecular weight is 237 g/mol. The first-order valence-corrected chi connectivity index (χ1v) is 6.47. The van der Waals surface area contributed by atoms with E-state index in [0.29, 0.717) is 0 Å². The summed E-state index contributed by atoms with van der Waals surface area (Å²) in [5, 5.41) is 14.5. The summed E-state index contributed by atoms with van der Waals surface area (Å²) in [6.45, 7) is 1.77. The van der Waals surface area contributed by atoms with E-state index in [1.54, 1.807) is 0 Å². The molecule has 1 fully saturated rings. The first-order valence-electron chi connectivity index (χ1n) is 6.47. The highest BCUT2D eigenvalue weighted by Crippen LogP contribution is 2.29. The molecule has 0 spiro atoms. The van der Waals surface area contributed by atoms with Crippen molar-refractivity contribution in [2.24, 2.45) is 7.05 Å². The van der Waals surface area contributed by atoms with Crippen molar-refractivity contribution in [3.8, 4) is 0 Å². The number of rotatable bonds is 5. The summed E-state index contributed by atoms with van der Waals surface area (Å²) >= 11 is 0. The van der Waals surface area contributed by atoms with Crippen LogP contribution in [-0.4, -0.2) is 45.5 Å². The van der Waals surface area contributed by atoms with Crippen LogP contribution in [0, 0.1) is 0 Å². The number of hydrogen-bond donors (Lipinski definition) is 1. The fraction of sp³-hybridized carbons (Fsp3) is 0.769. The first kappa shape index (κ1) is 12.6. The highest BCUT2D eigenvalue weighted by molar-refractivity contribution is 5.00. The van der Waals surface area contributed by atoms with Gasteiger partial charge < -0.3 is 10.0 Å². The van der Waals surface area contributed by atoms with Crippen LogP contribution in [0.1, 0.15) is 31.4 Å². The van der Waals surface area contributed by atoms with E-state index in [9.17, 15) is 5.11 Å². The number of likely N-dealkylation sites (N-methyl/N-ethyl adjacent to an activating group) is 1. The zero-order valence-corrected chi connectivity index (χ0v) is 10.9. The van der Waals surface area contributed by atoms with Gasteiger partial charge in [0, 0.05) is 38.4 Å². The van der Waals surface area contributed by atoms with Gasteiger partial charge >= 0.3 is 0 Å². The first-order chi connectivity index (χ1) is 8.09. The van der Waals surface area contributed by atoms with Crippen molar-refractivity contribution in [3.05, 3.63) is 18.0 Å². The lowest BCUT2D eigenvalue weighted by molar-refractivity contribution is 0.0166. The van der Waals surface area contributed by atoms with Gasteiger partial charge in [-0.15, -0.1) is 0 Å². The molecule has 1 aliphatic carbocycles. The molecule has 1 heterocycles. The van der Waals surface area contributed by atoms with Crippen molar-refractivity contribution >= 4 is 0 Å². The molecular formula is C13H23N3O. The summed E-state index contributed by atoms with van der Waals surface area (Å²) in [5.41, 5.74) is 0.816. The van der Waals surface area contributed by atoms with E-state index < -0.39 is 5.60 Å². The van der Waals surface area contributed by atoms with Crippen LogP contribution in [0.4, 0.5) is 0 Å². The van der Waals surface area contributed by atoms with Gasteiger partial charge in [-0.3, -0.25) is 4.68 Å². The zero-order valence-electron chi connectivity index (χ0n) is 10.9. The fourth-order valence-electron chi connectivity index (χ4n) is 2.72. The van der Waals surface area contributed by atoms with Gasteiger partial charge in [-0.25, -0.2) is 0 Å². The average Bonchev–Trinajstić information content (AvgIpc) is 2.85. The van der Waals surface area contributed by atoms with E-state index >= 15 is 0 Å². The highest BCUT2D eigenvalue weighted by Gasteiger charge is 2.31. The molecule has 1 saturated carbocycles. The maximum Gasteiger partial charge on any atom is 0.0774 e. The van der Waals surface area contributed by atoms with Crippen molar-refractivity contribution in [1.29, 1.82) is 0 Å². The van der Waals surface area contributed by atoms with Crippen LogP contribution in [-0.2, 0) is 13.5 Å². The Morgan fingerprint density at radius 2 is 2.18 bits per heavy atom. The van der Waals surface area contributed by atoms with Gasteiger partial charge in [-0.05, 0) is 26.0 Å². The van der Waals surface area contributed by atoms with Gasteiger partial charge in [-0.1, -0.05) is 12.8 Å². The van der Waals surface area contributed by atoms with E-state index in [0.717, 1.165) is 32.4 Å². The second-order valence-corrected chi connectivity index (χ2v) is 5.37. The molecule has 17 heavy (non-hydrogen) atoms. The molecule has 0 saturated heterocycles. The van der Waals surface area contributed by atoms with Crippen LogP contribution in [0.2, 0.25) is 0 Å². The molecule has 0 amide bonds. The van der Waals surface area contributed by atoms with Crippen LogP contribution in [0.5, 0.6) is 0 Å². The fourth-order valence-corrected chi connectivity index (χ4v) is 2.72. The Balaban J connectivity index is 1.78. The molecule has 0 atom stereocenters. The molecule has 4 nitrogen and oxygen atoms in total. The monoisotopic (exact) mass is 237 g/mol. The third kappa shape index (κ3) is 3.30. The predicted octanol–water partition coefficient (Wildman–Crippen LogP) is 1.20. The summed E-state index contributed by atoms with van der Waals surface area (Å²) in [5.74, 6) is 0. The molecule has 96 valence electrons. The van der Waals surface area contributed by atoms with Crippen molar-refractivity contribution in [2.75, 3.05) is 20.1 Å². The molecule has 0 unspecified atom stereocenters. The van der Waals surface area contributed by atoms with E-state index in [4.69, 9.17) is 0 Å². The van der Waals surface area contributed by atoms with E-state index in [2.05, 4.69) is 23.1 Å². The molecule has 1 aliphatic rings. The smallest absolute Gasteiger partial charge is 0.0774 e. The molecular weight excluding hydrogens is 214 g/mol. The van der Waals surface area contributed by atoms with E-state index in [-0.39, 0.29) is 0 Å². The van der Waals surface area contributed by atoms with Gasteiger partial charge in [0.1, 0.15) is 0 Å². The van der Waals surface area contributed by atoms with Crippen LogP contribution >= 0.6 is 0 Å². The maximum absolute atomic E-state index is 10.3. The van der Waals surface area contributed by atoms with Crippen LogP contribution in [0.25, 0.3) is 0 Å². The zero-order chi connectivity index (χ0) is 12.3. The molecule has 1 N–H and O–H groups in total. The van der Waals surface area contributed by atoms with Gasteiger partial charge in [0.2, 0.25) is 0 Å². The topological polar surface area (TPSA) is 41.3 Å². The van der Waals surface area contributed by atoms with Crippen molar-refractivity contribution in [1.82, 2.24) is 14.7 Å². The lowest BCUT2D eigenvalue weighted by atomic mass is 10.0. The van der Waals surface area contributed by atoms with Crippen molar-refractivity contribution in [2.45, 2.75) is 37.7 Å². The summed E-state index contributed by atoms with van der Waals surface area (Å²) in [7, 11) is 4.06. The van der Waals surface area contributed by atoms with E-state index in [1.807, 2.05) is 17.9 Å². The Morgan fingerprint density at radius 1 is 1.47 bits per heavy atom. The largest absolute Gasteiger partial charge is 0.389 e. The standard InChI is InChI=1S/C13H23N3O/c1-15(11-13(17)7-3-4-8-13)10-6-12-5-9-14-16(12)2/h5,9,17H,3-4,6-8,10-11H2,1-2H3. The molecule has 2 rings (SSSR count). The summed E-state index contributed by atoms with van der Waals surface area (Å²) < 4.78 is 1.91. The number of aliphatic hydroxyl groups is 1. The van der Waals surface area contributed by atoms with Gasteiger partial charge in [-0.2, -0.15) is 5.10 Å². The molecule has 0 aromatic carbocycles. The lowest BCUT2D eigenvalue weighted by Crippen LogP contribution is -2.40. The Kier molecular flexibility index (Phi) is 3.84. The summed E-state index contributed by atoms with van der Waals surface area (Å²) in [6.07, 6.45) is 7.09. The normalized spacial score (nSPS) is 19.1.